The van der Waals surface area contributed by atoms with Crippen molar-refractivity contribution in [2.45, 2.75) is 31.9 Å². The molecule has 0 aliphatic rings. The first-order chi connectivity index (χ1) is 7.97. The lowest BCUT2D eigenvalue weighted by molar-refractivity contribution is -0.384. The number of nitro groups is 1. The summed E-state index contributed by atoms with van der Waals surface area (Å²) < 4.78 is 0. The summed E-state index contributed by atoms with van der Waals surface area (Å²) in [6.45, 7) is 1.93. The molecular weight excluding hydrogens is 244 g/mol. The van der Waals surface area contributed by atoms with Gasteiger partial charge in [0, 0.05) is 6.07 Å². The van der Waals surface area contributed by atoms with Crippen LogP contribution < -0.4 is 5.73 Å². The van der Waals surface area contributed by atoms with Gasteiger partial charge in [0.15, 0.2) is 0 Å². The number of aliphatic hydroxyl groups is 1. The molecule has 1 aromatic carbocycles. The number of rotatable bonds is 5. The van der Waals surface area contributed by atoms with Gasteiger partial charge in [-0.1, -0.05) is 31.0 Å². The van der Waals surface area contributed by atoms with E-state index in [4.69, 9.17) is 17.3 Å². The highest BCUT2D eigenvalue weighted by Crippen LogP contribution is 2.28. The highest BCUT2D eigenvalue weighted by molar-refractivity contribution is 6.32. The number of halogens is 1. The molecule has 0 aliphatic heterocycles. The van der Waals surface area contributed by atoms with Gasteiger partial charge in [-0.2, -0.15) is 0 Å². The molecule has 5 nitrogen and oxygen atoms in total. The van der Waals surface area contributed by atoms with E-state index in [-0.39, 0.29) is 10.7 Å². The van der Waals surface area contributed by atoms with Crippen LogP contribution in [0.25, 0.3) is 0 Å². The molecule has 0 amide bonds. The Morgan fingerprint density at radius 2 is 2.24 bits per heavy atom. The summed E-state index contributed by atoms with van der Waals surface area (Å²) in [4.78, 5) is 10.1. The van der Waals surface area contributed by atoms with Gasteiger partial charge in [-0.25, -0.2) is 0 Å². The molecule has 0 spiro atoms. The zero-order chi connectivity index (χ0) is 13.0. The molecule has 2 atom stereocenters. The smallest absolute Gasteiger partial charge is 0.288 e. The van der Waals surface area contributed by atoms with Crippen molar-refractivity contribution in [3.05, 3.63) is 38.9 Å². The number of nitrogens with two attached hydrogens (primary N) is 1. The zero-order valence-electron chi connectivity index (χ0n) is 9.47. The van der Waals surface area contributed by atoms with Crippen LogP contribution in [0.5, 0.6) is 0 Å². The minimum atomic E-state index is -0.708. The van der Waals surface area contributed by atoms with Gasteiger partial charge in [0.2, 0.25) is 0 Å². The zero-order valence-corrected chi connectivity index (χ0v) is 10.2. The summed E-state index contributed by atoms with van der Waals surface area (Å²) in [7, 11) is 0. The molecule has 0 aliphatic carbocycles. The first-order valence-corrected chi connectivity index (χ1v) is 5.72. The largest absolute Gasteiger partial charge is 0.391 e. The van der Waals surface area contributed by atoms with Crippen LogP contribution in [0.15, 0.2) is 18.2 Å². The van der Waals surface area contributed by atoms with Gasteiger partial charge in [0.1, 0.15) is 5.02 Å². The Bertz CT molecular complexity index is 412. The van der Waals surface area contributed by atoms with E-state index in [2.05, 4.69) is 0 Å². The maximum absolute atomic E-state index is 10.7. The molecule has 1 aromatic rings. The Labute approximate surface area is 104 Å². The number of aliphatic hydroxyl groups excluding tert-OH is 1. The van der Waals surface area contributed by atoms with Crippen molar-refractivity contribution < 1.29 is 10.0 Å². The SMILES string of the molecule is CCC[C@@H](O)[C@@H](N)c1ccc(Cl)c([N+](=O)[O-])c1. The molecule has 0 heterocycles. The van der Waals surface area contributed by atoms with Gasteiger partial charge in [-0.3, -0.25) is 10.1 Å². The van der Waals surface area contributed by atoms with E-state index < -0.39 is 17.1 Å². The Balaban J connectivity index is 2.99. The van der Waals surface area contributed by atoms with Gasteiger partial charge in [0.25, 0.3) is 5.69 Å². The second-order valence-corrected chi connectivity index (χ2v) is 4.26. The molecule has 0 saturated heterocycles. The molecule has 0 aromatic heterocycles. The van der Waals surface area contributed by atoms with Crippen LogP contribution in [-0.4, -0.2) is 16.1 Å². The van der Waals surface area contributed by atoms with Gasteiger partial charge in [-0.05, 0) is 18.1 Å². The fourth-order valence-electron chi connectivity index (χ4n) is 1.57. The van der Waals surface area contributed by atoms with Crippen molar-refractivity contribution in [3.8, 4) is 0 Å². The average Bonchev–Trinajstić information content (AvgIpc) is 2.28. The number of hydrogen-bond donors (Lipinski definition) is 2. The van der Waals surface area contributed by atoms with Crippen molar-refractivity contribution in [3.63, 3.8) is 0 Å². The molecule has 17 heavy (non-hydrogen) atoms. The molecule has 0 saturated carbocycles. The van der Waals surface area contributed by atoms with Gasteiger partial charge in [-0.15, -0.1) is 0 Å². The summed E-state index contributed by atoms with van der Waals surface area (Å²) in [5, 5.41) is 20.5. The third-order valence-electron chi connectivity index (χ3n) is 2.55. The van der Waals surface area contributed by atoms with Gasteiger partial charge < -0.3 is 10.8 Å². The summed E-state index contributed by atoms with van der Waals surface area (Å²) in [6.07, 6.45) is 0.642. The predicted octanol–water partition coefficient (Wildman–Crippen LogP) is 2.41. The fraction of sp³-hybridized carbons (Fsp3) is 0.455. The minimum absolute atomic E-state index is 0.0657. The number of hydrogen-bond acceptors (Lipinski definition) is 4. The summed E-state index contributed by atoms with van der Waals surface area (Å²) >= 11 is 5.69. The van der Waals surface area contributed by atoms with Crippen LogP contribution in [0.2, 0.25) is 5.02 Å². The average molecular weight is 259 g/mol. The van der Waals surface area contributed by atoms with Crippen LogP contribution in [0.1, 0.15) is 31.4 Å². The monoisotopic (exact) mass is 258 g/mol. The number of nitrogens with zero attached hydrogens (tertiary/aromatic N) is 1. The number of benzene rings is 1. The number of nitro benzene ring substituents is 1. The van der Waals surface area contributed by atoms with E-state index in [1.807, 2.05) is 6.92 Å². The Kier molecular flexibility index (Phi) is 4.86. The minimum Gasteiger partial charge on any atom is -0.391 e. The third-order valence-corrected chi connectivity index (χ3v) is 2.87. The summed E-state index contributed by atoms with van der Waals surface area (Å²) in [5.74, 6) is 0. The second kappa shape index (κ2) is 5.95. The first kappa shape index (κ1) is 13.9. The highest BCUT2D eigenvalue weighted by atomic mass is 35.5. The van der Waals surface area contributed by atoms with Crippen molar-refractivity contribution >= 4 is 17.3 Å². The third kappa shape index (κ3) is 3.39. The quantitative estimate of drug-likeness (QED) is 0.627. The lowest BCUT2D eigenvalue weighted by atomic mass is 9.99. The topological polar surface area (TPSA) is 89.4 Å². The normalized spacial score (nSPS) is 14.4. The van der Waals surface area contributed by atoms with Crippen LogP contribution in [0, 0.1) is 10.1 Å². The maximum Gasteiger partial charge on any atom is 0.288 e. The first-order valence-electron chi connectivity index (χ1n) is 5.34. The molecule has 0 bridgehead atoms. The Morgan fingerprint density at radius 1 is 1.59 bits per heavy atom. The van der Waals surface area contributed by atoms with E-state index in [0.29, 0.717) is 12.0 Å². The molecule has 0 fully saturated rings. The van der Waals surface area contributed by atoms with Crippen LogP contribution in [-0.2, 0) is 0 Å². The van der Waals surface area contributed by atoms with E-state index in [0.717, 1.165) is 6.42 Å². The standard InChI is InChI=1S/C11H15ClN2O3/c1-2-3-10(15)11(13)7-4-5-8(12)9(6-7)14(16)17/h4-6,10-11,15H,2-3,13H2,1H3/t10-,11+/m1/s1. The van der Waals surface area contributed by atoms with Crippen LogP contribution >= 0.6 is 11.6 Å². The van der Waals surface area contributed by atoms with E-state index in [1.54, 1.807) is 6.07 Å². The van der Waals surface area contributed by atoms with E-state index in [9.17, 15) is 15.2 Å². The van der Waals surface area contributed by atoms with E-state index in [1.165, 1.54) is 12.1 Å². The fourth-order valence-corrected chi connectivity index (χ4v) is 1.76. The maximum atomic E-state index is 10.7. The van der Waals surface area contributed by atoms with Crippen molar-refractivity contribution in [1.82, 2.24) is 0 Å². The summed E-state index contributed by atoms with van der Waals surface area (Å²) in [6, 6.07) is 3.70. The predicted molar refractivity (Wildman–Crippen MR) is 65.9 cm³/mol. The molecule has 0 unspecified atom stereocenters. The van der Waals surface area contributed by atoms with Crippen LogP contribution in [0.3, 0.4) is 0 Å². The van der Waals surface area contributed by atoms with Crippen molar-refractivity contribution in [2.75, 3.05) is 0 Å². The Hall–Kier alpha value is -1.17. The molecule has 6 heteroatoms. The van der Waals surface area contributed by atoms with Gasteiger partial charge in [0.05, 0.1) is 17.1 Å². The lowest BCUT2D eigenvalue weighted by Gasteiger charge is -2.18. The van der Waals surface area contributed by atoms with Crippen molar-refractivity contribution in [1.29, 1.82) is 0 Å². The molecule has 0 radical (unpaired) electrons. The molecule has 94 valence electrons. The lowest BCUT2D eigenvalue weighted by Crippen LogP contribution is -2.26. The second-order valence-electron chi connectivity index (χ2n) is 3.85. The van der Waals surface area contributed by atoms with E-state index >= 15 is 0 Å². The molecule has 1 rings (SSSR count). The summed E-state index contributed by atoms with van der Waals surface area (Å²) in [5.41, 5.74) is 6.15. The van der Waals surface area contributed by atoms with Crippen LogP contribution in [0.4, 0.5) is 5.69 Å². The van der Waals surface area contributed by atoms with Crippen molar-refractivity contribution in [2.24, 2.45) is 5.73 Å². The molecule has 3 N–H and O–H groups in total. The Morgan fingerprint density at radius 3 is 2.76 bits per heavy atom. The van der Waals surface area contributed by atoms with Gasteiger partial charge >= 0.3 is 0 Å². The molecular formula is C11H15ClN2O3. The highest BCUT2D eigenvalue weighted by Gasteiger charge is 2.20.